The van der Waals surface area contributed by atoms with E-state index in [-0.39, 0.29) is 12.1 Å². The fourth-order valence-corrected chi connectivity index (χ4v) is 3.35. The highest BCUT2D eigenvalue weighted by Crippen LogP contribution is 2.29. The van der Waals surface area contributed by atoms with Gasteiger partial charge in [0.15, 0.2) is 0 Å². The topological polar surface area (TPSA) is 42.1 Å². The van der Waals surface area contributed by atoms with Gasteiger partial charge in [-0.15, -0.1) is 0 Å². The van der Waals surface area contributed by atoms with Crippen LogP contribution >= 0.6 is 0 Å². The molecule has 19 heavy (non-hydrogen) atoms. The standard InChI is InChI=1S/C16H27N3/c1-13(17)16(14-8-7-11-18-12-14)19(2)15-9-5-3-4-6-10-15/h7-8,11-13,15-16H,3-6,9-10,17H2,1-2H3. The summed E-state index contributed by atoms with van der Waals surface area (Å²) in [4.78, 5) is 6.74. The molecule has 2 unspecified atom stereocenters. The van der Waals surface area contributed by atoms with Crippen molar-refractivity contribution < 1.29 is 0 Å². The molecule has 1 saturated carbocycles. The first kappa shape index (κ1) is 14.5. The van der Waals surface area contributed by atoms with Gasteiger partial charge in [0, 0.05) is 24.5 Å². The van der Waals surface area contributed by atoms with Crippen molar-refractivity contribution in [2.75, 3.05) is 7.05 Å². The minimum Gasteiger partial charge on any atom is -0.326 e. The largest absolute Gasteiger partial charge is 0.326 e. The summed E-state index contributed by atoms with van der Waals surface area (Å²) >= 11 is 0. The SMILES string of the molecule is CC(N)C(c1cccnc1)N(C)C1CCCCCC1. The van der Waals surface area contributed by atoms with E-state index >= 15 is 0 Å². The van der Waals surface area contributed by atoms with Gasteiger partial charge in [-0.2, -0.15) is 0 Å². The van der Waals surface area contributed by atoms with Crippen LogP contribution in [0.1, 0.15) is 57.1 Å². The highest BCUT2D eigenvalue weighted by atomic mass is 15.2. The van der Waals surface area contributed by atoms with Crippen LogP contribution in [0.25, 0.3) is 0 Å². The van der Waals surface area contributed by atoms with E-state index in [1.807, 2.05) is 18.5 Å². The maximum atomic E-state index is 6.25. The van der Waals surface area contributed by atoms with Gasteiger partial charge in [0.2, 0.25) is 0 Å². The Hall–Kier alpha value is -0.930. The summed E-state index contributed by atoms with van der Waals surface area (Å²) in [5.74, 6) is 0. The van der Waals surface area contributed by atoms with Gasteiger partial charge in [-0.25, -0.2) is 0 Å². The van der Waals surface area contributed by atoms with Crippen molar-refractivity contribution in [3.63, 3.8) is 0 Å². The molecule has 1 aromatic rings. The molecular weight excluding hydrogens is 234 g/mol. The van der Waals surface area contributed by atoms with Crippen LogP contribution < -0.4 is 5.73 Å². The first-order chi connectivity index (χ1) is 9.20. The van der Waals surface area contributed by atoms with Gasteiger partial charge < -0.3 is 5.73 Å². The predicted octanol–water partition coefficient (Wildman–Crippen LogP) is 3.12. The summed E-state index contributed by atoms with van der Waals surface area (Å²) in [5, 5.41) is 0. The molecule has 0 bridgehead atoms. The maximum Gasteiger partial charge on any atom is 0.0511 e. The first-order valence-corrected chi connectivity index (χ1v) is 7.57. The van der Waals surface area contributed by atoms with Crippen molar-refractivity contribution in [2.45, 2.75) is 63.6 Å². The number of likely N-dealkylation sites (N-methyl/N-ethyl adjacent to an activating group) is 1. The van der Waals surface area contributed by atoms with Gasteiger partial charge in [0.25, 0.3) is 0 Å². The number of rotatable bonds is 4. The zero-order valence-electron chi connectivity index (χ0n) is 12.3. The normalized spacial score (nSPS) is 21.1. The Morgan fingerprint density at radius 1 is 1.26 bits per heavy atom. The van der Waals surface area contributed by atoms with Crippen molar-refractivity contribution >= 4 is 0 Å². The predicted molar refractivity (Wildman–Crippen MR) is 79.9 cm³/mol. The summed E-state index contributed by atoms with van der Waals surface area (Å²) in [7, 11) is 2.23. The van der Waals surface area contributed by atoms with Crippen LogP contribution in [0.2, 0.25) is 0 Å². The van der Waals surface area contributed by atoms with Gasteiger partial charge in [-0.1, -0.05) is 31.7 Å². The van der Waals surface area contributed by atoms with E-state index in [4.69, 9.17) is 5.73 Å². The summed E-state index contributed by atoms with van der Waals surface area (Å²) < 4.78 is 0. The van der Waals surface area contributed by atoms with Crippen molar-refractivity contribution in [3.8, 4) is 0 Å². The molecule has 1 fully saturated rings. The van der Waals surface area contributed by atoms with Crippen LogP contribution in [0.15, 0.2) is 24.5 Å². The second-order valence-corrected chi connectivity index (χ2v) is 5.90. The molecule has 0 spiro atoms. The zero-order chi connectivity index (χ0) is 13.7. The number of aromatic nitrogens is 1. The Labute approximate surface area is 117 Å². The lowest BCUT2D eigenvalue weighted by Gasteiger charge is -2.37. The lowest BCUT2D eigenvalue weighted by atomic mass is 9.97. The molecule has 0 amide bonds. The van der Waals surface area contributed by atoms with Crippen LogP contribution in [0.4, 0.5) is 0 Å². The molecule has 3 heteroatoms. The van der Waals surface area contributed by atoms with Crippen LogP contribution in [0, 0.1) is 0 Å². The monoisotopic (exact) mass is 261 g/mol. The third kappa shape index (κ3) is 3.77. The highest BCUT2D eigenvalue weighted by Gasteiger charge is 2.27. The maximum absolute atomic E-state index is 6.25. The van der Waals surface area contributed by atoms with Crippen molar-refractivity contribution in [1.29, 1.82) is 0 Å². The Balaban J connectivity index is 2.14. The second-order valence-electron chi connectivity index (χ2n) is 5.90. The van der Waals surface area contributed by atoms with Crippen LogP contribution in [0.3, 0.4) is 0 Å². The Morgan fingerprint density at radius 3 is 2.47 bits per heavy atom. The Morgan fingerprint density at radius 2 is 1.95 bits per heavy atom. The molecule has 1 aliphatic rings. The van der Waals surface area contributed by atoms with Crippen molar-refractivity contribution in [1.82, 2.24) is 9.88 Å². The van der Waals surface area contributed by atoms with E-state index in [0.717, 1.165) is 0 Å². The molecule has 106 valence electrons. The highest BCUT2D eigenvalue weighted by molar-refractivity contribution is 5.16. The molecule has 0 aromatic carbocycles. The van der Waals surface area contributed by atoms with Crippen LogP contribution in [0.5, 0.6) is 0 Å². The van der Waals surface area contributed by atoms with Crippen LogP contribution in [-0.2, 0) is 0 Å². The van der Waals surface area contributed by atoms with E-state index < -0.39 is 0 Å². The summed E-state index contributed by atoms with van der Waals surface area (Å²) in [5.41, 5.74) is 7.49. The smallest absolute Gasteiger partial charge is 0.0511 e. The molecule has 0 aliphatic heterocycles. The van der Waals surface area contributed by atoms with Gasteiger partial charge in [-0.3, -0.25) is 9.88 Å². The molecule has 1 aromatic heterocycles. The minimum absolute atomic E-state index is 0.123. The minimum atomic E-state index is 0.123. The number of pyridine rings is 1. The fourth-order valence-electron chi connectivity index (χ4n) is 3.35. The van der Waals surface area contributed by atoms with E-state index in [1.165, 1.54) is 44.1 Å². The molecule has 2 rings (SSSR count). The average molecular weight is 261 g/mol. The second kappa shape index (κ2) is 7.01. The number of hydrogen-bond donors (Lipinski definition) is 1. The molecule has 1 heterocycles. The number of nitrogens with two attached hydrogens (primary N) is 1. The molecular formula is C16H27N3. The molecule has 2 N–H and O–H groups in total. The lowest BCUT2D eigenvalue weighted by Crippen LogP contribution is -2.42. The summed E-state index contributed by atoms with van der Waals surface area (Å²) in [6.07, 6.45) is 11.9. The molecule has 1 aliphatic carbocycles. The van der Waals surface area contributed by atoms with Gasteiger partial charge in [-0.05, 0) is 38.4 Å². The first-order valence-electron chi connectivity index (χ1n) is 7.57. The van der Waals surface area contributed by atoms with Crippen LogP contribution in [-0.4, -0.2) is 29.0 Å². The molecule has 0 saturated heterocycles. The fraction of sp³-hybridized carbons (Fsp3) is 0.688. The van der Waals surface area contributed by atoms with Gasteiger partial charge >= 0.3 is 0 Å². The number of nitrogens with zero attached hydrogens (tertiary/aromatic N) is 2. The molecule has 3 nitrogen and oxygen atoms in total. The summed E-state index contributed by atoms with van der Waals surface area (Å²) in [6.45, 7) is 2.10. The zero-order valence-corrected chi connectivity index (χ0v) is 12.3. The van der Waals surface area contributed by atoms with Crippen molar-refractivity contribution in [3.05, 3.63) is 30.1 Å². The van der Waals surface area contributed by atoms with E-state index in [2.05, 4.69) is 29.9 Å². The number of hydrogen-bond acceptors (Lipinski definition) is 3. The van der Waals surface area contributed by atoms with E-state index in [9.17, 15) is 0 Å². The Bertz CT molecular complexity index is 356. The molecule has 0 radical (unpaired) electrons. The Kier molecular flexibility index (Phi) is 5.34. The van der Waals surface area contributed by atoms with Gasteiger partial charge in [0.05, 0.1) is 6.04 Å². The van der Waals surface area contributed by atoms with E-state index in [0.29, 0.717) is 6.04 Å². The van der Waals surface area contributed by atoms with Crippen molar-refractivity contribution in [2.24, 2.45) is 5.73 Å². The van der Waals surface area contributed by atoms with Gasteiger partial charge in [0.1, 0.15) is 0 Å². The average Bonchev–Trinajstić information content (AvgIpc) is 2.68. The third-order valence-corrected chi connectivity index (χ3v) is 4.36. The summed E-state index contributed by atoms with van der Waals surface area (Å²) in [6, 6.07) is 5.22. The third-order valence-electron chi connectivity index (χ3n) is 4.36. The lowest BCUT2D eigenvalue weighted by molar-refractivity contribution is 0.141. The quantitative estimate of drug-likeness (QED) is 0.847. The van der Waals surface area contributed by atoms with E-state index in [1.54, 1.807) is 0 Å². The molecule has 2 atom stereocenters.